The minimum Gasteiger partial charge on any atom is -0.373 e. The number of hydrogen-bond donors (Lipinski definition) is 0. The van der Waals surface area contributed by atoms with E-state index in [1.807, 2.05) is 11.3 Å². The first kappa shape index (κ1) is 13.6. The molecule has 1 aliphatic heterocycles. The van der Waals surface area contributed by atoms with Crippen LogP contribution in [-0.2, 0) is 6.54 Å². The highest BCUT2D eigenvalue weighted by Gasteiger charge is 2.18. The van der Waals surface area contributed by atoms with Crippen molar-refractivity contribution in [3.8, 4) is 0 Å². The zero-order valence-corrected chi connectivity index (χ0v) is 12.8. The summed E-state index contributed by atoms with van der Waals surface area (Å²) in [6.07, 6.45) is 1.05. The van der Waals surface area contributed by atoms with Gasteiger partial charge in [-0.15, -0.1) is 11.3 Å². The first-order valence-corrected chi connectivity index (χ1v) is 8.07. The normalized spacial score (nSPS) is 16.8. The van der Waals surface area contributed by atoms with Crippen molar-refractivity contribution in [2.75, 3.05) is 26.2 Å². The maximum Gasteiger partial charge on any atom is 0.108 e. The number of nitrogens with zero attached hydrogens (tertiary/aromatic N) is 3. The predicted octanol–water partition coefficient (Wildman–Crippen LogP) is 3.34. The SMILES string of the molecule is C=C(CC)N1CCN(Cc2nc3ccccc3s2)CC1. The van der Waals surface area contributed by atoms with Crippen LogP contribution in [0, 0.1) is 0 Å². The summed E-state index contributed by atoms with van der Waals surface area (Å²) in [6, 6.07) is 8.39. The van der Waals surface area contributed by atoms with Crippen molar-refractivity contribution in [2.45, 2.75) is 19.9 Å². The van der Waals surface area contributed by atoms with Gasteiger partial charge in [-0.2, -0.15) is 0 Å². The molecule has 2 aromatic rings. The van der Waals surface area contributed by atoms with Crippen molar-refractivity contribution in [1.29, 1.82) is 0 Å². The summed E-state index contributed by atoms with van der Waals surface area (Å²) < 4.78 is 1.29. The second-order valence-corrected chi connectivity index (χ2v) is 6.37. The highest BCUT2D eigenvalue weighted by atomic mass is 32.1. The van der Waals surface area contributed by atoms with E-state index in [4.69, 9.17) is 4.98 Å². The fraction of sp³-hybridized carbons (Fsp3) is 0.438. The number of benzene rings is 1. The van der Waals surface area contributed by atoms with E-state index < -0.39 is 0 Å². The number of rotatable bonds is 4. The Balaban J connectivity index is 1.60. The van der Waals surface area contributed by atoms with Crippen LogP contribution in [0.2, 0.25) is 0 Å². The van der Waals surface area contributed by atoms with Gasteiger partial charge in [-0.05, 0) is 18.6 Å². The topological polar surface area (TPSA) is 19.4 Å². The quantitative estimate of drug-likeness (QED) is 0.860. The van der Waals surface area contributed by atoms with Crippen LogP contribution in [0.3, 0.4) is 0 Å². The Bertz CT molecular complexity index is 564. The van der Waals surface area contributed by atoms with Crippen LogP contribution in [-0.4, -0.2) is 41.0 Å². The molecule has 0 amide bonds. The molecule has 0 bridgehead atoms. The Morgan fingerprint density at radius 3 is 2.70 bits per heavy atom. The molecule has 0 unspecified atom stereocenters. The lowest BCUT2D eigenvalue weighted by Crippen LogP contribution is -2.45. The molecule has 1 aromatic carbocycles. The van der Waals surface area contributed by atoms with Crippen LogP contribution in [0.25, 0.3) is 10.2 Å². The Morgan fingerprint density at radius 1 is 1.25 bits per heavy atom. The van der Waals surface area contributed by atoms with Crippen molar-refractivity contribution in [3.63, 3.8) is 0 Å². The summed E-state index contributed by atoms with van der Waals surface area (Å²) >= 11 is 1.82. The van der Waals surface area contributed by atoms with Crippen LogP contribution in [0.5, 0.6) is 0 Å². The van der Waals surface area contributed by atoms with Gasteiger partial charge in [-0.1, -0.05) is 25.6 Å². The number of fused-ring (bicyclic) bond motifs is 1. The summed E-state index contributed by atoms with van der Waals surface area (Å²) in [5, 5.41) is 1.23. The zero-order chi connectivity index (χ0) is 13.9. The Labute approximate surface area is 124 Å². The molecule has 1 saturated heterocycles. The third-order valence-corrected chi connectivity index (χ3v) is 4.95. The molecule has 1 aromatic heterocycles. The van der Waals surface area contributed by atoms with E-state index in [-0.39, 0.29) is 0 Å². The largest absolute Gasteiger partial charge is 0.373 e. The Hall–Kier alpha value is -1.39. The van der Waals surface area contributed by atoms with E-state index in [1.54, 1.807) is 0 Å². The van der Waals surface area contributed by atoms with Gasteiger partial charge in [0.15, 0.2) is 0 Å². The fourth-order valence-electron chi connectivity index (χ4n) is 2.62. The number of aromatic nitrogens is 1. The summed E-state index contributed by atoms with van der Waals surface area (Å²) in [5.41, 5.74) is 2.40. The summed E-state index contributed by atoms with van der Waals surface area (Å²) in [6.45, 7) is 11.7. The van der Waals surface area contributed by atoms with Crippen molar-refractivity contribution in [1.82, 2.24) is 14.8 Å². The second-order valence-electron chi connectivity index (χ2n) is 5.26. The molecule has 0 saturated carbocycles. The monoisotopic (exact) mass is 287 g/mol. The summed E-state index contributed by atoms with van der Waals surface area (Å²) in [7, 11) is 0. The highest BCUT2D eigenvalue weighted by molar-refractivity contribution is 7.18. The smallest absolute Gasteiger partial charge is 0.108 e. The minimum atomic E-state index is 0.978. The van der Waals surface area contributed by atoms with Crippen molar-refractivity contribution in [3.05, 3.63) is 41.5 Å². The van der Waals surface area contributed by atoms with Gasteiger partial charge in [0.1, 0.15) is 5.01 Å². The van der Waals surface area contributed by atoms with Crippen molar-refractivity contribution in [2.24, 2.45) is 0 Å². The standard InChI is InChI=1S/C16H21N3S/c1-3-13(2)19-10-8-18(9-11-19)12-16-17-14-6-4-5-7-15(14)20-16/h4-7H,2-3,8-12H2,1H3. The number of thiazole rings is 1. The van der Waals surface area contributed by atoms with Gasteiger partial charge in [0.2, 0.25) is 0 Å². The predicted molar refractivity (Wildman–Crippen MR) is 85.9 cm³/mol. The van der Waals surface area contributed by atoms with Gasteiger partial charge in [0.05, 0.1) is 16.8 Å². The first-order valence-electron chi connectivity index (χ1n) is 7.26. The molecule has 1 fully saturated rings. The number of allylic oxidation sites excluding steroid dienone is 1. The minimum absolute atomic E-state index is 0.978. The van der Waals surface area contributed by atoms with Crippen molar-refractivity contribution >= 4 is 21.6 Å². The van der Waals surface area contributed by atoms with Crippen LogP contribution in [0.1, 0.15) is 18.4 Å². The number of para-hydroxylation sites is 1. The molecule has 2 heterocycles. The van der Waals surface area contributed by atoms with E-state index >= 15 is 0 Å². The maximum absolute atomic E-state index is 4.72. The lowest BCUT2D eigenvalue weighted by atomic mass is 10.2. The summed E-state index contributed by atoms with van der Waals surface area (Å²) in [4.78, 5) is 9.63. The lowest BCUT2D eigenvalue weighted by molar-refractivity contribution is 0.151. The van der Waals surface area contributed by atoms with E-state index in [0.717, 1.165) is 44.7 Å². The molecule has 0 N–H and O–H groups in total. The van der Waals surface area contributed by atoms with E-state index in [9.17, 15) is 0 Å². The average Bonchev–Trinajstić information content (AvgIpc) is 2.89. The lowest BCUT2D eigenvalue weighted by Gasteiger charge is -2.36. The molecule has 0 spiro atoms. The van der Waals surface area contributed by atoms with Crippen LogP contribution >= 0.6 is 11.3 Å². The van der Waals surface area contributed by atoms with Crippen LogP contribution in [0.4, 0.5) is 0 Å². The Kier molecular flexibility index (Phi) is 4.03. The molecule has 4 heteroatoms. The van der Waals surface area contributed by atoms with E-state index in [0.29, 0.717) is 0 Å². The molecule has 20 heavy (non-hydrogen) atoms. The maximum atomic E-state index is 4.72. The average molecular weight is 287 g/mol. The molecule has 1 aliphatic rings. The van der Waals surface area contributed by atoms with Gasteiger partial charge < -0.3 is 4.90 Å². The molecule has 0 atom stereocenters. The Morgan fingerprint density at radius 2 is 2.00 bits per heavy atom. The number of hydrogen-bond acceptors (Lipinski definition) is 4. The van der Waals surface area contributed by atoms with Gasteiger partial charge in [0.25, 0.3) is 0 Å². The van der Waals surface area contributed by atoms with Gasteiger partial charge in [-0.25, -0.2) is 4.98 Å². The first-order chi connectivity index (χ1) is 9.76. The second kappa shape index (κ2) is 5.94. The third-order valence-electron chi connectivity index (χ3n) is 3.92. The molecule has 106 valence electrons. The molecule has 0 radical (unpaired) electrons. The highest BCUT2D eigenvalue weighted by Crippen LogP contribution is 2.23. The van der Waals surface area contributed by atoms with E-state index in [1.165, 1.54) is 15.4 Å². The molecule has 3 rings (SSSR count). The van der Waals surface area contributed by atoms with Crippen LogP contribution < -0.4 is 0 Å². The molecule has 0 aliphatic carbocycles. The molecular weight excluding hydrogens is 266 g/mol. The zero-order valence-electron chi connectivity index (χ0n) is 12.0. The fourth-order valence-corrected chi connectivity index (χ4v) is 3.63. The van der Waals surface area contributed by atoms with Crippen molar-refractivity contribution < 1.29 is 0 Å². The molecule has 3 nitrogen and oxygen atoms in total. The third kappa shape index (κ3) is 2.86. The van der Waals surface area contributed by atoms with Gasteiger partial charge >= 0.3 is 0 Å². The van der Waals surface area contributed by atoms with Gasteiger partial charge in [-0.3, -0.25) is 4.90 Å². The molecular formula is C16H21N3S. The van der Waals surface area contributed by atoms with Gasteiger partial charge in [0, 0.05) is 31.9 Å². The van der Waals surface area contributed by atoms with Crippen LogP contribution in [0.15, 0.2) is 36.5 Å². The van der Waals surface area contributed by atoms with E-state index in [2.05, 4.69) is 47.6 Å². The summed E-state index contributed by atoms with van der Waals surface area (Å²) in [5.74, 6) is 0. The number of piperazine rings is 1.